The van der Waals surface area contributed by atoms with Crippen LogP contribution in [0.15, 0.2) is 0 Å². The molecule has 4 atom stereocenters. The smallest absolute Gasteiger partial charge is 0.326 e. The molecular weight excluding hydrogens is 342 g/mol. The maximum absolute atomic E-state index is 12.1. The molecule has 25 heavy (non-hydrogen) atoms. The first-order valence-corrected chi connectivity index (χ1v) is 7.16. The zero-order valence-corrected chi connectivity index (χ0v) is 13.3. The van der Waals surface area contributed by atoms with Crippen molar-refractivity contribution in [2.75, 3.05) is 0 Å². The van der Waals surface area contributed by atoms with Gasteiger partial charge in [0.1, 0.15) is 18.1 Å². The average Bonchev–Trinajstić information content (AvgIpc) is 2.48. The van der Waals surface area contributed by atoms with Gasteiger partial charge in [0, 0.05) is 6.42 Å². The summed E-state index contributed by atoms with van der Waals surface area (Å²) in [4.78, 5) is 56.1. The molecule has 8 N–H and O–H groups in total. The molecule has 0 aliphatic carbocycles. The molecule has 4 unspecified atom stereocenters. The van der Waals surface area contributed by atoms with E-state index in [1.165, 1.54) is 6.92 Å². The fourth-order valence-electron chi connectivity index (χ4n) is 1.67. The summed E-state index contributed by atoms with van der Waals surface area (Å²) in [6.45, 7) is 1.23. The number of aliphatic hydroxyl groups excluding tert-OH is 1. The van der Waals surface area contributed by atoms with Crippen LogP contribution >= 0.6 is 0 Å². The summed E-state index contributed by atoms with van der Waals surface area (Å²) >= 11 is 0. The van der Waals surface area contributed by atoms with E-state index in [0.717, 1.165) is 0 Å². The van der Waals surface area contributed by atoms with Crippen molar-refractivity contribution in [3.05, 3.63) is 0 Å². The molecule has 142 valence electrons. The van der Waals surface area contributed by atoms with Crippen LogP contribution in [-0.4, -0.2) is 74.4 Å². The Balaban J connectivity index is 5.13. The van der Waals surface area contributed by atoms with Crippen molar-refractivity contribution < 1.29 is 44.4 Å². The van der Waals surface area contributed by atoms with Crippen LogP contribution in [0.2, 0.25) is 0 Å². The Labute approximate surface area is 142 Å². The Hall–Kier alpha value is -2.73. The summed E-state index contributed by atoms with van der Waals surface area (Å²) < 4.78 is 0. The van der Waals surface area contributed by atoms with Gasteiger partial charge in [-0.3, -0.25) is 19.2 Å². The molecule has 0 aromatic rings. The lowest BCUT2D eigenvalue weighted by Crippen LogP contribution is -2.56. The van der Waals surface area contributed by atoms with Gasteiger partial charge in [0.05, 0.1) is 12.5 Å². The molecule has 0 aromatic carbocycles. The molecule has 0 spiro atoms. The highest BCUT2D eigenvalue weighted by atomic mass is 16.4. The van der Waals surface area contributed by atoms with Crippen molar-refractivity contribution in [2.24, 2.45) is 5.73 Å². The van der Waals surface area contributed by atoms with Crippen LogP contribution in [0, 0.1) is 0 Å². The van der Waals surface area contributed by atoms with Crippen LogP contribution in [0.5, 0.6) is 0 Å². The van der Waals surface area contributed by atoms with Crippen molar-refractivity contribution >= 4 is 29.7 Å². The van der Waals surface area contributed by atoms with Crippen LogP contribution in [0.1, 0.15) is 26.2 Å². The maximum atomic E-state index is 12.1. The summed E-state index contributed by atoms with van der Waals surface area (Å²) in [6, 6.07) is -4.63. The van der Waals surface area contributed by atoms with Gasteiger partial charge in [-0.05, 0) is 13.3 Å². The van der Waals surface area contributed by atoms with Crippen molar-refractivity contribution in [3.8, 4) is 0 Å². The third kappa shape index (κ3) is 8.62. The molecular formula is C13H21N3O9. The molecule has 0 bridgehead atoms. The van der Waals surface area contributed by atoms with Gasteiger partial charge in [-0.2, -0.15) is 0 Å². The molecule has 0 saturated heterocycles. The second-order valence-corrected chi connectivity index (χ2v) is 5.26. The normalized spacial score (nSPS) is 15.3. The minimum Gasteiger partial charge on any atom is -0.481 e. The highest BCUT2D eigenvalue weighted by Gasteiger charge is 2.30. The number of rotatable bonds is 11. The first-order valence-electron chi connectivity index (χ1n) is 7.16. The highest BCUT2D eigenvalue weighted by Crippen LogP contribution is 2.02. The first-order chi connectivity index (χ1) is 11.5. The number of carboxylic acids is 3. The fourth-order valence-corrected chi connectivity index (χ4v) is 1.67. The topological polar surface area (TPSA) is 216 Å². The minimum atomic E-state index is -1.76. The Morgan fingerprint density at radius 2 is 1.44 bits per heavy atom. The Bertz CT molecular complexity index is 535. The summed E-state index contributed by atoms with van der Waals surface area (Å²) in [7, 11) is 0. The number of nitrogens with two attached hydrogens (primary N) is 1. The average molecular weight is 363 g/mol. The molecule has 0 heterocycles. The molecule has 0 fully saturated rings. The molecule has 0 radical (unpaired) electrons. The summed E-state index contributed by atoms with van der Waals surface area (Å²) in [5.74, 6) is -6.39. The van der Waals surface area contributed by atoms with E-state index in [9.17, 15) is 29.1 Å². The molecule has 0 aliphatic heterocycles. The molecule has 0 aromatic heterocycles. The van der Waals surface area contributed by atoms with Gasteiger partial charge in [0.2, 0.25) is 11.8 Å². The number of carboxylic acid groups (broad SMARTS) is 3. The zero-order valence-electron chi connectivity index (χ0n) is 13.3. The number of aliphatic hydroxyl groups is 1. The van der Waals surface area contributed by atoms with E-state index in [2.05, 4.69) is 5.32 Å². The van der Waals surface area contributed by atoms with E-state index >= 15 is 0 Å². The second-order valence-electron chi connectivity index (χ2n) is 5.26. The van der Waals surface area contributed by atoms with Gasteiger partial charge < -0.3 is 36.8 Å². The molecule has 12 heteroatoms. The van der Waals surface area contributed by atoms with E-state index in [0.29, 0.717) is 0 Å². The first kappa shape index (κ1) is 22.3. The lowest BCUT2D eigenvalue weighted by molar-refractivity contribution is -0.147. The second kappa shape index (κ2) is 10.2. The van der Waals surface area contributed by atoms with Gasteiger partial charge in [-0.1, -0.05) is 0 Å². The van der Waals surface area contributed by atoms with Gasteiger partial charge in [0.15, 0.2) is 0 Å². The number of carbonyl (C=O) groups excluding carboxylic acids is 2. The largest absolute Gasteiger partial charge is 0.481 e. The lowest BCUT2D eigenvalue weighted by atomic mass is 10.1. The predicted molar refractivity (Wildman–Crippen MR) is 80.3 cm³/mol. The van der Waals surface area contributed by atoms with Crippen molar-refractivity contribution in [2.45, 2.75) is 50.4 Å². The van der Waals surface area contributed by atoms with Gasteiger partial charge in [-0.25, -0.2) is 4.79 Å². The third-order valence-corrected chi connectivity index (χ3v) is 3.10. The number of carbonyl (C=O) groups is 5. The standard InChI is InChI=1S/C13H21N3O9/c1-5(17)10(14)12(23)15-6(2-3-8(18)19)11(22)16-7(13(24)25)4-9(20)21/h5-7,10,17H,2-4,14H2,1H3,(H,15,23)(H,16,22)(H,18,19)(H,20,21)(H,24,25). The Morgan fingerprint density at radius 3 is 1.84 bits per heavy atom. The molecule has 0 aliphatic rings. The van der Waals surface area contributed by atoms with Crippen molar-refractivity contribution in [1.82, 2.24) is 10.6 Å². The number of hydrogen-bond acceptors (Lipinski definition) is 7. The number of amides is 2. The van der Waals surface area contributed by atoms with Crippen LogP contribution in [-0.2, 0) is 24.0 Å². The van der Waals surface area contributed by atoms with Crippen molar-refractivity contribution in [1.29, 1.82) is 0 Å². The van der Waals surface area contributed by atoms with Crippen LogP contribution in [0.4, 0.5) is 0 Å². The monoisotopic (exact) mass is 363 g/mol. The van der Waals surface area contributed by atoms with E-state index in [-0.39, 0.29) is 0 Å². The van der Waals surface area contributed by atoms with Crippen LogP contribution in [0.3, 0.4) is 0 Å². The molecule has 2 amide bonds. The van der Waals surface area contributed by atoms with Gasteiger partial charge in [0.25, 0.3) is 0 Å². The summed E-state index contributed by atoms with van der Waals surface area (Å²) in [6.07, 6.45) is -3.08. The van der Waals surface area contributed by atoms with Crippen molar-refractivity contribution in [3.63, 3.8) is 0 Å². The minimum absolute atomic E-state index is 0.390. The maximum Gasteiger partial charge on any atom is 0.326 e. The van der Waals surface area contributed by atoms with E-state index in [4.69, 9.17) is 21.1 Å². The third-order valence-electron chi connectivity index (χ3n) is 3.10. The quantitative estimate of drug-likeness (QED) is 0.198. The van der Waals surface area contributed by atoms with Crippen LogP contribution in [0.25, 0.3) is 0 Å². The lowest BCUT2D eigenvalue weighted by Gasteiger charge is -2.22. The summed E-state index contributed by atoms with van der Waals surface area (Å²) in [5, 5.41) is 39.5. The highest BCUT2D eigenvalue weighted by molar-refractivity contribution is 5.93. The van der Waals surface area contributed by atoms with E-state index < -0.39 is 73.2 Å². The molecule has 0 saturated carbocycles. The SMILES string of the molecule is CC(O)C(N)C(=O)NC(CCC(=O)O)C(=O)NC(CC(=O)O)C(=O)O. The Morgan fingerprint density at radius 1 is 0.920 bits per heavy atom. The fraction of sp³-hybridized carbons (Fsp3) is 0.615. The molecule has 12 nitrogen and oxygen atoms in total. The number of aliphatic carboxylic acids is 3. The van der Waals surface area contributed by atoms with E-state index in [1.54, 1.807) is 0 Å². The Kier molecular flexibility index (Phi) is 9.09. The molecule has 0 rings (SSSR count). The van der Waals surface area contributed by atoms with Crippen LogP contribution < -0.4 is 16.4 Å². The predicted octanol–water partition coefficient (Wildman–Crippen LogP) is -2.91. The zero-order chi connectivity index (χ0) is 19.7. The van der Waals surface area contributed by atoms with E-state index in [1.807, 2.05) is 5.32 Å². The van der Waals surface area contributed by atoms with Gasteiger partial charge in [-0.15, -0.1) is 0 Å². The van der Waals surface area contributed by atoms with Gasteiger partial charge >= 0.3 is 17.9 Å². The summed E-state index contributed by atoms with van der Waals surface area (Å²) in [5.41, 5.74) is 5.40. The number of hydrogen-bond donors (Lipinski definition) is 7. The number of nitrogens with one attached hydrogen (secondary N) is 2.